The van der Waals surface area contributed by atoms with Crippen molar-refractivity contribution in [2.45, 2.75) is 12.8 Å². The Balaban J connectivity index is 1.94. The molecular weight excluding hydrogens is 240 g/mol. The minimum absolute atomic E-state index is 0.0700. The Morgan fingerprint density at radius 1 is 1.26 bits per heavy atom. The van der Waals surface area contributed by atoms with Gasteiger partial charge in [-0.1, -0.05) is 18.2 Å². The van der Waals surface area contributed by atoms with Gasteiger partial charge < -0.3 is 10.4 Å². The van der Waals surface area contributed by atoms with Gasteiger partial charge in [0, 0.05) is 28.9 Å². The smallest absolute Gasteiger partial charge is 0.227 e. The van der Waals surface area contributed by atoms with Gasteiger partial charge in [-0.05, 0) is 25.0 Å². The van der Waals surface area contributed by atoms with E-state index in [-0.39, 0.29) is 17.6 Å². The molecule has 3 rings (SSSR count). The number of hydrogen-bond donors (Lipinski definition) is 2. The average molecular weight is 254 g/mol. The number of amides is 1. The van der Waals surface area contributed by atoms with Gasteiger partial charge in [0.2, 0.25) is 5.91 Å². The molecule has 1 aromatic carbocycles. The van der Waals surface area contributed by atoms with Gasteiger partial charge in [-0.2, -0.15) is 0 Å². The van der Waals surface area contributed by atoms with Crippen LogP contribution in [0, 0.1) is 5.92 Å². The van der Waals surface area contributed by atoms with Crippen LogP contribution in [0.1, 0.15) is 12.8 Å². The number of nitrogens with one attached hydrogen (secondary N) is 1. The molecule has 0 radical (unpaired) electrons. The van der Waals surface area contributed by atoms with Crippen LogP contribution in [0.2, 0.25) is 0 Å². The number of aromatic nitrogens is 1. The molecule has 0 atom stereocenters. The number of nitrogens with zero attached hydrogens (tertiary/aromatic N) is 1. The summed E-state index contributed by atoms with van der Waals surface area (Å²) in [4.78, 5) is 15.8. The van der Waals surface area contributed by atoms with E-state index in [9.17, 15) is 9.90 Å². The topological polar surface area (TPSA) is 62.2 Å². The van der Waals surface area contributed by atoms with Crippen molar-refractivity contribution in [3.8, 4) is 16.9 Å². The first-order valence-electron chi connectivity index (χ1n) is 6.28. The van der Waals surface area contributed by atoms with Crippen LogP contribution in [0.4, 0.5) is 5.69 Å². The number of para-hydroxylation sites is 1. The first-order valence-corrected chi connectivity index (χ1v) is 6.28. The Labute approximate surface area is 111 Å². The van der Waals surface area contributed by atoms with Crippen LogP contribution < -0.4 is 5.32 Å². The van der Waals surface area contributed by atoms with E-state index in [2.05, 4.69) is 10.3 Å². The Kier molecular flexibility index (Phi) is 2.91. The predicted molar refractivity (Wildman–Crippen MR) is 72.7 cm³/mol. The summed E-state index contributed by atoms with van der Waals surface area (Å²) in [6, 6.07) is 9.17. The SMILES string of the molecule is O=C(Nc1ccccc1-c1cncc(O)c1)C1CC1. The first-order chi connectivity index (χ1) is 9.24. The van der Waals surface area contributed by atoms with E-state index in [1.807, 2.05) is 24.3 Å². The van der Waals surface area contributed by atoms with Crippen LogP contribution in [0.5, 0.6) is 5.75 Å². The predicted octanol–water partition coefficient (Wildman–Crippen LogP) is 2.80. The number of carbonyl (C=O) groups is 1. The fourth-order valence-electron chi connectivity index (χ4n) is 2.00. The molecule has 0 saturated heterocycles. The third-order valence-corrected chi connectivity index (χ3v) is 3.17. The van der Waals surface area contributed by atoms with Crippen LogP contribution >= 0.6 is 0 Å². The second-order valence-electron chi connectivity index (χ2n) is 4.74. The largest absolute Gasteiger partial charge is 0.506 e. The molecule has 2 aromatic rings. The standard InChI is InChI=1S/C15H14N2O2/c18-12-7-11(8-16-9-12)13-3-1-2-4-14(13)17-15(19)10-5-6-10/h1-4,7-10,18H,5-6H2,(H,17,19). The normalized spacial score (nSPS) is 14.1. The lowest BCUT2D eigenvalue weighted by Gasteiger charge is -2.10. The maximum absolute atomic E-state index is 11.8. The maximum atomic E-state index is 11.8. The molecule has 0 spiro atoms. The Hall–Kier alpha value is -2.36. The lowest BCUT2D eigenvalue weighted by Crippen LogP contribution is -2.13. The Morgan fingerprint density at radius 3 is 2.79 bits per heavy atom. The zero-order valence-corrected chi connectivity index (χ0v) is 10.3. The van der Waals surface area contributed by atoms with Gasteiger partial charge >= 0.3 is 0 Å². The van der Waals surface area contributed by atoms with Crippen molar-refractivity contribution < 1.29 is 9.90 Å². The van der Waals surface area contributed by atoms with Crippen LogP contribution in [-0.2, 0) is 4.79 Å². The number of hydrogen-bond acceptors (Lipinski definition) is 3. The molecule has 1 saturated carbocycles. The highest BCUT2D eigenvalue weighted by Crippen LogP contribution is 2.33. The third kappa shape index (κ3) is 2.57. The summed E-state index contributed by atoms with van der Waals surface area (Å²) in [6.07, 6.45) is 5.00. The Morgan fingerprint density at radius 2 is 2.05 bits per heavy atom. The van der Waals surface area contributed by atoms with Gasteiger partial charge in [0.25, 0.3) is 0 Å². The summed E-state index contributed by atoms with van der Waals surface area (Å²) in [5.41, 5.74) is 2.40. The van der Waals surface area contributed by atoms with Gasteiger partial charge in [0.05, 0.1) is 6.20 Å². The van der Waals surface area contributed by atoms with Crippen LogP contribution in [0.3, 0.4) is 0 Å². The molecule has 1 aliphatic rings. The number of carbonyl (C=O) groups excluding carboxylic acids is 1. The molecule has 1 heterocycles. The number of benzene rings is 1. The molecule has 0 aliphatic heterocycles. The number of pyridine rings is 1. The highest BCUT2D eigenvalue weighted by molar-refractivity contribution is 5.97. The monoisotopic (exact) mass is 254 g/mol. The molecule has 4 heteroatoms. The fourth-order valence-corrected chi connectivity index (χ4v) is 2.00. The molecule has 1 aromatic heterocycles. The zero-order chi connectivity index (χ0) is 13.2. The van der Waals surface area contributed by atoms with Crippen molar-refractivity contribution in [1.82, 2.24) is 4.98 Å². The summed E-state index contributed by atoms with van der Waals surface area (Å²) in [6.45, 7) is 0. The summed E-state index contributed by atoms with van der Waals surface area (Å²) >= 11 is 0. The van der Waals surface area contributed by atoms with E-state index in [0.29, 0.717) is 0 Å². The van der Waals surface area contributed by atoms with E-state index in [4.69, 9.17) is 0 Å². The minimum atomic E-state index is 0.0700. The third-order valence-electron chi connectivity index (χ3n) is 3.17. The second-order valence-corrected chi connectivity index (χ2v) is 4.74. The molecule has 2 N–H and O–H groups in total. The quantitative estimate of drug-likeness (QED) is 0.885. The molecule has 1 amide bonds. The van der Waals surface area contributed by atoms with Gasteiger partial charge in [-0.15, -0.1) is 0 Å². The molecule has 19 heavy (non-hydrogen) atoms. The fraction of sp³-hybridized carbons (Fsp3) is 0.200. The Bertz CT molecular complexity index is 621. The van der Waals surface area contributed by atoms with Gasteiger partial charge in [0.15, 0.2) is 0 Å². The van der Waals surface area contributed by atoms with Crippen molar-refractivity contribution >= 4 is 11.6 Å². The maximum Gasteiger partial charge on any atom is 0.227 e. The van der Waals surface area contributed by atoms with E-state index < -0.39 is 0 Å². The van der Waals surface area contributed by atoms with Gasteiger partial charge in [-0.25, -0.2) is 0 Å². The average Bonchev–Trinajstić information content (AvgIpc) is 3.23. The van der Waals surface area contributed by atoms with Gasteiger partial charge in [-0.3, -0.25) is 9.78 Å². The lowest BCUT2D eigenvalue weighted by molar-refractivity contribution is -0.117. The van der Waals surface area contributed by atoms with E-state index in [0.717, 1.165) is 29.7 Å². The number of rotatable bonds is 3. The van der Waals surface area contributed by atoms with Crippen molar-refractivity contribution in [1.29, 1.82) is 0 Å². The minimum Gasteiger partial charge on any atom is -0.506 e. The number of aromatic hydroxyl groups is 1. The molecule has 4 nitrogen and oxygen atoms in total. The number of anilines is 1. The summed E-state index contributed by atoms with van der Waals surface area (Å²) in [5, 5.41) is 12.4. The summed E-state index contributed by atoms with van der Waals surface area (Å²) in [5.74, 6) is 0.344. The van der Waals surface area contributed by atoms with Crippen molar-refractivity contribution in [3.63, 3.8) is 0 Å². The molecule has 96 valence electrons. The summed E-state index contributed by atoms with van der Waals surface area (Å²) < 4.78 is 0. The lowest BCUT2D eigenvalue weighted by atomic mass is 10.1. The molecule has 0 bridgehead atoms. The summed E-state index contributed by atoms with van der Waals surface area (Å²) in [7, 11) is 0. The van der Waals surface area contributed by atoms with Crippen LogP contribution in [0.15, 0.2) is 42.7 Å². The first kappa shape index (κ1) is 11.7. The molecular formula is C15H14N2O2. The molecule has 1 aliphatic carbocycles. The van der Waals surface area contributed by atoms with Crippen molar-refractivity contribution in [2.24, 2.45) is 5.92 Å². The van der Waals surface area contributed by atoms with E-state index >= 15 is 0 Å². The highest BCUT2D eigenvalue weighted by atomic mass is 16.3. The zero-order valence-electron chi connectivity index (χ0n) is 10.3. The van der Waals surface area contributed by atoms with Crippen LogP contribution in [-0.4, -0.2) is 16.0 Å². The van der Waals surface area contributed by atoms with Crippen LogP contribution in [0.25, 0.3) is 11.1 Å². The highest BCUT2D eigenvalue weighted by Gasteiger charge is 2.29. The van der Waals surface area contributed by atoms with E-state index in [1.165, 1.54) is 6.20 Å². The van der Waals surface area contributed by atoms with Crippen molar-refractivity contribution in [2.75, 3.05) is 5.32 Å². The molecule has 1 fully saturated rings. The molecule has 0 unspecified atom stereocenters. The van der Waals surface area contributed by atoms with Crippen molar-refractivity contribution in [3.05, 3.63) is 42.7 Å². The van der Waals surface area contributed by atoms with E-state index in [1.54, 1.807) is 12.3 Å². The second kappa shape index (κ2) is 4.72. The van der Waals surface area contributed by atoms with Gasteiger partial charge in [0.1, 0.15) is 5.75 Å².